The minimum Gasteiger partial charge on any atom is -0.480 e. The molecule has 630 valence electrons. The average molecular weight is 1610 g/mol. The van der Waals surface area contributed by atoms with Crippen LogP contribution in [0.25, 0.3) is 0 Å². The Morgan fingerprint density at radius 1 is 0.360 bits per heavy atom. The predicted octanol–water partition coefficient (Wildman–Crippen LogP) is -12.5. The molecule has 34 N–H and O–H groups in total. The normalized spacial score (nSPS) is 15.7. The molecule has 0 aliphatic rings. The number of carboxylic acids is 1. The summed E-state index contributed by atoms with van der Waals surface area (Å²) in [5, 5.41) is 114. The zero-order valence-electron chi connectivity index (χ0n) is 63.7. The van der Waals surface area contributed by atoms with Crippen molar-refractivity contribution in [1.29, 1.82) is 10.8 Å². The number of carboxylic acid groups (broad SMARTS) is 1. The van der Waals surface area contributed by atoms with E-state index in [-0.39, 0.29) is 58.0 Å². The number of aliphatic hydroxyl groups is 5. The molecular formula is C64H115N23O23S. The van der Waals surface area contributed by atoms with Crippen LogP contribution in [0.2, 0.25) is 0 Å². The molecule has 0 aromatic carbocycles. The number of rotatable bonds is 54. The van der Waals surface area contributed by atoms with E-state index in [0.29, 0.717) is 5.75 Å². The van der Waals surface area contributed by atoms with Gasteiger partial charge in [-0.25, -0.2) is 4.79 Å². The number of aliphatic hydroxyl groups excluding tert-OH is 5. The van der Waals surface area contributed by atoms with E-state index in [2.05, 4.69) is 85.1 Å². The molecule has 0 unspecified atom stereocenters. The number of thioether (sulfide) groups is 1. The van der Waals surface area contributed by atoms with Crippen LogP contribution in [0.4, 0.5) is 0 Å². The van der Waals surface area contributed by atoms with Gasteiger partial charge in [0.1, 0.15) is 84.6 Å². The Kier molecular flexibility index (Phi) is 47.1. The monoisotopic (exact) mass is 1610 g/mol. The molecule has 0 aliphatic carbocycles. The summed E-state index contributed by atoms with van der Waals surface area (Å²) in [6, 6.07) is -24.4. The van der Waals surface area contributed by atoms with Crippen LogP contribution in [0, 0.1) is 22.7 Å². The van der Waals surface area contributed by atoms with Crippen molar-refractivity contribution in [2.24, 2.45) is 40.5 Å². The van der Waals surface area contributed by atoms with Crippen molar-refractivity contribution in [2.45, 2.75) is 229 Å². The van der Waals surface area contributed by atoms with Gasteiger partial charge in [0, 0.05) is 25.9 Å². The van der Waals surface area contributed by atoms with Gasteiger partial charge in [0.05, 0.1) is 38.1 Å². The van der Waals surface area contributed by atoms with E-state index in [1.54, 1.807) is 20.1 Å². The lowest BCUT2D eigenvalue weighted by atomic mass is 10.0. The van der Waals surface area contributed by atoms with Crippen LogP contribution in [-0.2, 0) is 81.5 Å². The highest BCUT2D eigenvalue weighted by atomic mass is 32.2. The number of aliphatic carboxylic acids is 1. The van der Waals surface area contributed by atoms with Gasteiger partial charge in [-0.1, -0.05) is 27.7 Å². The first kappa shape index (κ1) is 101. The second kappa shape index (κ2) is 51.9. The molecular weight excluding hydrogens is 1490 g/mol. The van der Waals surface area contributed by atoms with Gasteiger partial charge < -0.3 is 144 Å². The van der Waals surface area contributed by atoms with Crippen LogP contribution in [0.5, 0.6) is 0 Å². The number of carbonyl (C=O) groups excluding carboxylic acids is 16. The second-order valence-electron chi connectivity index (χ2n) is 26.7. The van der Waals surface area contributed by atoms with Gasteiger partial charge in [0.25, 0.3) is 0 Å². The van der Waals surface area contributed by atoms with Crippen molar-refractivity contribution in [3.8, 4) is 0 Å². The molecule has 0 aromatic heterocycles. The quantitative estimate of drug-likeness (QED) is 0.0153. The zero-order valence-corrected chi connectivity index (χ0v) is 64.5. The first-order valence-corrected chi connectivity index (χ1v) is 36.8. The SMILES string of the molecule is CSCC[C@H](N)C(=O)N[C@@H](C)C(=O)N[C@@H](CCC(N)=O)C(=O)N[C@@H](CO)C(=O)N[C@@H](CCCNC(=N)N)C(=O)N[C@@H](CC(C)C)C(=O)N[C@H](C(=O)N[C@@H](C)C(=O)N[C@H](C(=O)N[C@@H](CO)C(=O)N[C@@H](C)C(=O)N[C@@H](CO)C(=O)N[C@@H](CCCNC(=N)N)C(=O)N[C@H](C(=O)N[C@@H](CCC(N)=O)C(=O)O)C(C)C)[C@@H](C)O)[C@@H](C)O. The number of nitrogens with two attached hydrogens (primary N) is 5. The summed E-state index contributed by atoms with van der Waals surface area (Å²) in [5.74, 6) is -20.1. The van der Waals surface area contributed by atoms with Crippen LogP contribution in [0.15, 0.2) is 0 Å². The predicted molar refractivity (Wildman–Crippen MR) is 397 cm³/mol. The van der Waals surface area contributed by atoms with Crippen LogP contribution >= 0.6 is 11.8 Å². The zero-order chi connectivity index (χ0) is 85.3. The molecule has 0 aliphatic heterocycles. The Labute approximate surface area is 644 Å². The Balaban J connectivity index is 6.46. The van der Waals surface area contributed by atoms with E-state index < -0.39 is 266 Å². The van der Waals surface area contributed by atoms with Crippen molar-refractivity contribution in [3.63, 3.8) is 0 Å². The molecule has 0 rings (SSSR count). The van der Waals surface area contributed by atoms with Gasteiger partial charge in [0.2, 0.25) is 94.5 Å². The van der Waals surface area contributed by atoms with Crippen molar-refractivity contribution in [2.75, 3.05) is 44.9 Å². The summed E-state index contributed by atoms with van der Waals surface area (Å²) in [6.07, 6.45) is -3.78. The van der Waals surface area contributed by atoms with Crippen molar-refractivity contribution in [3.05, 3.63) is 0 Å². The molecule has 46 nitrogen and oxygen atoms in total. The number of carbonyl (C=O) groups is 17. The summed E-state index contributed by atoms with van der Waals surface area (Å²) < 4.78 is 0. The van der Waals surface area contributed by atoms with Crippen molar-refractivity contribution < 1.29 is 112 Å². The standard InChI is InChI=1S/C64H115N23O23S/c1-27(2)23-39(81-52(99)35(13-11-20-72-63(68)69)78-58(105)42(26-90)83-53(100)37(15-17-43(66)93)77-48(95)29(5)74-51(98)34(65)19-22-111-10)55(102)87-46(32(8)91)60(107)76-31(7)50(97)86-47(33(9)92)61(108)84-40(24-88)56(103)75-30(6)49(96)82-41(25-89)57(104)79-36(14-12-21-73-64(70)71)54(101)85-45(28(3)4)59(106)80-38(62(109)110)16-18-44(67)94/h27-42,45-47,88-92H,11-26,65H2,1-10H3,(H2,66,93)(H2,67,94)(H,74,98)(H,75,103)(H,76,107)(H,77,95)(H,78,105)(H,79,104)(H,80,106)(H,81,99)(H,82,96)(H,83,100)(H,84,108)(H,85,101)(H,86,97)(H,87,102)(H,109,110)(H4,68,69,72)(H4,70,71,73)/t29-,30-,31-,32+,33+,34-,35-,36-,37-,38-,39-,40-,41-,42-,45-,46-,47-/m0/s1. The molecule has 0 heterocycles. The third-order valence-corrected chi connectivity index (χ3v) is 16.9. The minimum absolute atomic E-state index is 0.00316. The number of hydrogen-bond donors (Lipinski definition) is 29. The van der Waals surface area contributed by atoms with Gasteiger partial charge >= 0.3 is 5.97 Å². The number of hydrogen-bond acceptors (Lipinski definition) is 26. The fourth-order valence-electron chi connectivity index (χ4n) is 9.83. The summed E-state index contributed by atoms with van der Waals surface area (Å²) >= 11 is 1.44. The number of amides is 16. The van der Waals surface area contributed by atoms with Crippen LogP contribution < -0.4 is 114 Å². The Hall–Kier alpha value is -10.4. The Morgan fingerprint density at radius 3 is 1.04 bits per heavy atom. The maximum Gasteiger partial charge on any atom is 0.326 e. The smallest absolute Gasteiger partial charge is 0.326 e. The molecule has 0 aromatic rings. The van der Waals surface area contributed by atoms with Crippen molar-refractivity contribution in [1.82, 2.24) is 85.1 Å². The van der Waals surface area contributed by atoms with E-state index in [9.17, 15) is 112 Å². The fourth-order valence-corrected chi connectivity index (χ4v) is 10.3. The number of primary amides is 2. The molecule has 0 saturated carbocycles. The third-order valence-electron chi connectivity index (χ3n) is 16.2. The van der Waals surface area contributed by atoms with E-state index in [1.807, 2.05) is 0 Å². The average Bonchev–Trinajstić information content (AvgIpc) is 0.857. The molecule has 0 saturated heterocycles. The topological polar surface area (TPSA) is 782 Å². The highest BCUT2D eigenvalue weighted by Crippen LogP contribution is 2.12. The molecule has 16 amide bonds. The summed E-state index contributed by atoms with van der Waals surface area (Å²) in [7, 11) is 0. The second-order valence-corrected chi connectivity index (χ2v) is 27.7. The summed E-state index contributed by atoms with van der Waals surface area (Å²) in [4.78, 5) is 225. The van der Waals surface area contributed by atoms with E-state index in [4.69, 9.17) is 39.5 Å². The maximum atomic E-state index is 14.2. The van der Waals surface area contributed by atoms with Crippen LogP contribution in [0.1, 0.15) is 127 Å². The molecule has 47 heteroatoms. The van der Waals surface area contributed by atoms with Crippen LogP contribution in [-0.4, -0.2) is 291 Å². The minimum atomic E-state index is -1.97. The number of nitrogens with one attached hydrogen (secondary N) is 18. The molecule has 0 bridgehead atoms. The molecule has 17 atom stereocenters. The van der Waals surface area contributed by atoms with Crippen LogP contribution in [0.3, 0.4) is 0 Å². The van der Waals surface area contributed by atoms with E-state index in [0.717, 1.165) is 27.7 Å². The first-order chi connectivity index (χ1) is 51.8. The molecule has 111 heavy (non-hydrogen) atoms. The number of guanidine groups is 2. The van der Waals surface area contributed by atoms with Gasteiger partial charge in [0.15, 0.2) is 11.9 Å². The van der Waals surface area contributed by atoms with Gasteiger partial charge in [-0.3, -0.25) is 87.5 Å². The Bertz CT molecular complexity index is 3210. The van der Waals surface area contributed by atoms with E-state index in [1.165, 1.54) is 32.5 Å². The Morgan fingerprint density at radius 2 is 0.649 bits per heavy atom. The largest absolute Gasteiger partial charge is 0.480 e. The molecule has 0 spiro atoms. The lowest BCUT2D eigenvalue weighted by Gasteiger charge is -2.29. The lowest BCUT2D eigenvalue weighted by Crippen LogP contribution is -2.63. The van der Waals surface area contributed by atoms with Crippen molar-refractivity contribution >= 4 is 124 Å². The van der Waals surface area contributed by atoms with Gasteiger partial charge in [-0.2, -0.15) is 11.8 Å². The van der Waals surface area contributed by atoms with Gasteiger partial charge in [-0.15, -0.1) is 0 Å². The summed E-state index contributed by atoms with van der Waals surface area (Å²) in [5.41, 5.74) is 27.1. The van der Waals surface area contributed by atoms with E-state index >= 15 is 0 Å². The maximum absolute atomic E-state index is 14.2. The van der Waals surface area contributed by atoms with Gasteiger partial charge in [-0.05, 0) is 110 Å². The first-order valence-electron chi connectivity index (χ1n) is 35.4. The highest BCUT2D eigenvalue weighted by molar-refractivity contribution is 7.98. The highest BCUT2D eigenvalue weighted by Gasteiger charge is 2.39. The molecule has 0 radical (unpaired) electrons. The fraction of sp³-hybridized carbons (Fsp3) is 0.703. The summed E-state index contributed by atoms with van der Waals surface area (Å²) in [6.45, 7) is 8.34. The lowest BCUT2D eigenvalue weighted by molar-refractivity contribution is -0.143. The third kappa shape index (κ3) is 39.2. The molecule has 0 fully saturated rings.